The molecule has 4 rings (SSSR count). The Morgan fingerprint density at radius 1 is 0.844 bits per heavy atom. The number of aryl methyl sites for hydroxylation is 2. The number of benzene rings is 3. The summed E-state index contributed by atoms with van der Waals surface area (Å²) in [5.74, 6) is -0.0445. The van der Waals surface area contributed by atoms with Gasteiger partial charge in [0.25, 0.3) is 5.91 Å². The van der Waals surface area contributed by atoms with Gasteiger partial charge >= 0.3 is 0 Å². The predicted octanol–water partition coefficient (Wildman–Crippen LogP) is 5.41. The fourth-order valence-corrected chi connectivity index (χ4v) is 3.89. The normalized spacial score (nSPS) is 10.8. The number of rotatable bonds is 8. The van der Waals surface area contributed by atoms with Crippen molar-refractivity contribution >= 4 is 22.5 Å². The summed E-state index contributed by atoms with van der Waals surface area (Å²) in [6, 6.07) is 28.4. The van der Waals surface area contributed by atoms with Crippen LogP contribution in [0.3, 0.4) is 0 Å². The molecule has 32 heavy (non-hydrogen) atoms. The number of nitrogens with zero attached hydrogens (tertiary/aromatic N) is 2. The van der Waals surface area contributed by atoms with Gasteiger partial charge in [-0.15, -0.1) is 0 Å². The van der Waals surface area contributed by atoms with Gasteiger partial charge in [0.05, 0.1) is 5.52 Å². The number of nitrogens with one attached hydrogen (secondary N) is 1. The van der Waals surface area contributed by atoms with Crippen LogP contribution in [0.5, 0.6) is 0 Å². The summed E-state index contributed by atoms with van der Waals surface area (Å²) in [5, 5.41) is 4.16. The largest absolute Gasteiger partial charge is 0.377 e. The number of fused-ring (bicyclic) bond motifs is 1. The summed E-state index contributed by atoms with van der Waals surface area (Å²) < 4.78 is 0. The predicted molar refractivity (Wildman–Crippen MR) is 132 cm³/mol. The van der Waals surface area contributed by atoms with Gasteiger partial charge in [0, 0.05) is 43.0 Å². The maximum Gasteiger partial charge on any atom is 0.251 e. The first-order chi connectivity index (χ1) is 15.6. The number of para-hydroxylation sites is 1. The van der Waals surface area contributed by atoms with Crippen LogP contribution in [0.15, 0.2) is 84.9 Å². The monoisotopic (exact) mass is 423 g/mol. The molecule has 4 heteroatoms. The number of carbonyl (C=O) groups excluding carboxylic acids is 1. The molecule has 3 aromatic carbocycles. The minimum absolute atomic E-state index is 0.0445. The van der Waals surface area contributed by atoms with Gasteiger partial charge in [-0.1, -0.05) is 60.7 Å². The highest BCUT2D eigenvalue weighted by atomic mass is 16.1. The van der Waals surface area contributed by atoms with Crippen molar-refractivity contribution in [1.82, 2.24) is 10.3 Å². The van der Waals surface area contributed by atoms with Crippen molar-refractivity contribution in [1.29, 1.82) is 0 Å². The Balaban J connectivity index is 1.33. The van der Waals surface area contributed by atoms with Gasteiger partial charge in [-0.25, -0.2) is 0 Å². The highest BCUT2D eigenvalue weighted by Gasteiger charge is 2.08. The molecule has 0 spiro atoms. The summed E-state index contributed by atoms with van der Waals surface area (Å²) in [5.41, 5.74) is 6.38. The highest BCUT2D eigenvalue weighted by molar-refractivity contribution is 5.94. The van der Waals surface area contributed by atoms with Crippen LogP contribution in [-0.2, 0) is 19.4 Å². The number of carbonyl (C=O) groups is 1. The number of hydrogen-bond acceptors (Lipinski definition) is 3. The van der Waals surface area contributed by atoms with Gasteiger partial charge in [-0.3, -0.25) is 9.78 Å². The number of pyridine rings is 1. The molecule has 0 aliphatic carbocycles. The zero-order valence-corrected chi connectivity index (χ0v) is 18.7. The van der Waals surface area contributed by atoms with Crippen LogP contribution in [0.1, 0.15) is 33.6 Å². The lowest BCUT2D eigenvalue weighted by molar-refractivity contribution is 0.0951. The summed E-state index contributed by atoms with van der Waals surface area (Å²) in [7, 11) is 4.15. The van der Waals surface area contributed by atoms with Gasteiger partial charge in [0.15, 0.2) is 0 Å². The molecule has 0 fully saturated rings. The Hall–Kier alpha value is -3.66. The van der Waals surface area contributed by atoms with Crippen LogP contribution in [0.4, 0.5) is 5.69 Å². The Bertz CT molecular complexity index is 1180. The molecule has 4 aromatic rings. The fourth-order valence-electron chi connectivity index (χ4n) is 3.89. The molecule has 0 saturated heterocycles. The smallest absolute Gasteiger partial charge is 0.251 e. The minimum Gasteiger partial charge on any atom is -0.377 e. The van der Waals surface area contributed by atoms with Crippen molar-refractivity contribution in [2.45, 2.75) is 25.8 Å². The van der Waals surface area contributed by atoms with Crippen LogP contribution in [0, 0.1) is 0 Å². The van der Waals surface area contributed by atoms with E-state index in [4.69, 9.17) is 4.98 Å². The third-order valence-electron chi connectivity index (χ3n) is 5.64. The minimum atomic E-state index is -0.0445. The van der Waals surface area contributed by atoms with Crippen molar-refractivity contribution in [2.24, 2.45) is 0 Å². The van der Waals surface area contributed by atoms with Crippen molar-refractivity contribution < 1.29 is 4.79 Å². The van der Waals surface area contributed by atoms with Gasteiger partial charge in [0.1, 0.15) is 0 Å². The molecule has 0 saturated carbocycles. The number of aromatic nitrogens is 1. The van der Waals surface area contributed by atoms with Crippen molar-refractivity contribution in [3.8, 4) is 0 Å². The molecule has 4 nitrogen and oxygen atoms in total. The van der Waals surface area contributed by atoms with Gasteiger partial charge in [0.2, 0.25) is 0 Å². The SMILES string of the molecule is CN(C)c1cc(CCCc2ccc(C(=O)NCc3ccccc3)cc2)nc2ccccc12. The van der Waals surface area contributed by atoms with Crippen LogP contribution in [0.25, 0.3) is 10.9 Å². The maximum atomic E-state index is 12.4. The Morgan fingerprint density at radius 3 is 2.31 bits per heavy atom. The topological polar surface area (TPSA) is 45.2 Å². The van der Waals surface area contributed by atoms with Gasteiger partial charge in [-0.2, -0.15) is 0 Å². The molecule has 0 aliphatic heterocycles. The number of anilines is 1. The van der Waals surface area contributed by atoms with Crippen molar-refractivity contribution in [2.75, 3.05) is 19.0 Å². The average Bonchev–Trinajstić information content (AvgIpc) is 2.83. The number of hydrogen-bond donors (Lipinski definition) is 1. The zero-order valence-electron chi connectivity index (χ0n) is 18.7. The van der Waals surface area contributed by atoms with E-state index < -0.39 is 0 Å². The van der Waals surface area contributed by atoms with E-state index in [0.717, 1.165) is 36.0 Å². The molecule has 162 valence electrons. The summed E-state index contributed by atoms with van der Waals surface area (Å²) in [6.07, 6.45) is 2.89. The second-order valence-electron chi connectivity index (χ2n) is 8.26. The van der Waals surface area contributed by atoms with E-state index in [9.17, 15) is 4.79 Å². The maximum absolute atomic E-state index is 12.4. The molecule has 0 unspecified atom stereocenters. The third-order valence-corrected chi connectivity index (χ3v) is 5.64. The van der Waals surface area contributed by atoms with Crippen LogP contribution in [0.2, 0.25) is 0 Å². The van der Waals surface area contributed by atoms with E-state index in [-0.39, 0.29) is 5.91 Å². The first-order valence-electron chi connectivity index (χ1n) is 11.1. The summed E-state index contributed by atoms with van der Waals surface area (Å²) >= 11 is 0. The van der Waals surface area contributed by atoms with Crippen LogP contribution in [-0.4, -0.2) is 25.0 Å². The molecule has 0 bridgehead atoms. The Labute approximate surface area is 189 Å². The summed E-state index contributed by atoms with van der Waals surface area (Å²) in [6.45, 7) is 0.537. The molecular weight excluding hydrogens is 394 g/mol. The number of amides is 1. The summed E-state index contributed by atoms with van der Waals surface area (Å²) in [4.78, 5) is 19.4. The van der Waals surface area contributed by atoms with Crippen molar-refractivity contribution in [3.05, 3.63) is 107 Å². The van der Waals surface area contributed by atoms with Crippen LogP contribution < -0.4 is 10.2 Å². The second kappa shape index (κ2) is 10.1. The molecule has 0 radical (unpaired) electrons. The first kappa shape index (κ1) is 21.6. The Kier molecular flexibility index (Phi) is 6.81. The van der Waals surface area contributed by atoms with E-state index in [1.807, 2.05) is 48.5 Å². The van der Waals surface area contributed by atoms with E-state index >= 15 is 0 Å². The molecule has 0 atom stereocenters. The van der Waals surface area contributed by atoms with E-state index in [1.54, 1.807) is 0 Å². The fraction of sp³-hybridized carbons (Fsp3) is 0.214. The molecule has 1 heterocycles. The lowest BCUT2D eigenvalue weighted by Gasteiger charge is -2.16. The van der Waals surface area contributed by atoms with Crippen molar-refractivity contribution in [3.63, 3.8) is 0 Å². The molecule has 0 aliphatic rings. The quantitative estimate of drug-likeness (QED) is 0.412. The van der Waals surface area contributed by atoms with Gasteiger partial charge < -0.3 is 10.2 Å². The average molecular weight is 424 g/mol. The molecular formula is C28H29N3O. The highest BCUT2D eigenvalue weighted by Crippen LogP contribution is 2.25. The lowest BCUT2D eigenvalue weighted by Crippen LogP contribution is -2.22. The third kappa shape index (κ3) is 5.33. The second-order valence-corrected chi connectivity index (χ2v) is 8.26. The van der Waals surface area contributed by atoms with E-state index in [0.29, 0.717) is 12.1 Å². The van der Waals surface area contributed by atoms with E-state index in [2.05, 4.69) is 60.7 Å². The Morgan fingerprint density at radius 2 is 1.56 bits per heavy atom. The van der Waals surface area contributed by atoms with Crippen LogP contribution >= 0.6 is 0 Å². The van der Waals surface area contributed by atoms with E-state index in [1.165, 1.54) is 16.6 Å². The van der Waals surface area contributed by atoms with Gasteiger partial charge in [-0.05, 0) is 54.7 Å². The standard InChI is InChI=1S/C28H29N3O/c1-31(2)27-19-24(30-26-14-7-6-13-25(26)27)12-8-11-21-15-17-23(18-16-21)28(32)29-20-22-9-4-3-5-10-22/h3-7,9-10,13-19H,8,11-12,20H2,1-2H3,(H,29,32). The molecule has 1 aromatic heterocycles. The molecule has 1 amide bonds. The first-order valence-corrected chi connectivity index (χ1v) is 11.1. The zero-order chi connectivity index (χ0) is 22.3. The lowest BCUT2D eigenvalue weighted by atomic mass is 10.0. The molecule has 1 N–H and O–H groups in total.